The minimum absolute atomic E-state index is 0.123. The Labute approximate surface area is 183 Å². The highest BCUT2D eigenvalue weighted by Gasteiger charge is 2.47. The summed E-state index contributed by atoms with van der Waals surface area (Å²) in [5.74, 6) is 1.40. The van der Waals surface area contributed by atoms with Crippen molar-refractivity contribution in [3.63, 3.8) is 0 Å². The zero-order chi connectivity index (χ0) is 21.8. The van der Waals surface area contributed by atoms with E-state index in [1.54, 1.807) is 7.11 Å². The van der Waals surface area contributed by atoms with E-state index >= 15 is 0 Å². The molecule has 164 valence electrons. The molecule has 0 saturated carbocycles. The lowest BCUT2D eigenvalue weighted by atomic mass is 9.72. The first-order valence-corrected chi connectivity index (χ1v) is 11.3. The number of halogens is 1. The van der Waals surface area contributed by atoms with Crippen molar-refractivity contribution in [3.05, 3.63) is 28.9 Å². The normalized spacial score (nSPS) is 29.3. The van der Waals surface area contributed by atoms with Crippen molar-refractivity contribution < 1.29 is 14.6 Å². The summed E-state index contributed by atoms with van der Waals surface area (Å²) in [5.41, 5.74) is 0.891. The lowest BCUT2D eigenvalue weighted by molar-refractivity contribution is -0.152. The summed E-state index contributed by atoms with van der Waals surface area (Å²) in [5, 5.41) is 12.2. The van der Waals surface area contributed by atoms with E-state index < -0.39 is 11.0 Å². The Balaban J connectivity index is 1.62. The summed E-state index contributed by atoms with van der Waals surface area (Å²) < 4.78 is 5.40. The molecular weight excluding hydrogens is 400 g/mol. The van der Waals surface area contributed by atoms with Gasteiger partial charge in [-0.1, -0.05) is 32.4 Å². The Morgan fingerprint density at radius 3 is 2.57 bits per heavy atom. The first-order valence-electron chi connectivity index (χ1n) is 10.9. The van der Waals surface area contributed by atoms with Crippen LogP contribution in [0.15, 0.2) is 18.3 Å². The van der Waals surface area contributed by atoms with Gasteiger partial charge in [0.15, 0.2) is 0 Å². The van der Waals surface area contributed by atoms with Crippen LogP contribution in [0.5, 0.6) is 5.75 Å². The Morgan fingerprint density at radius 1 is 1.33 bits per heavy atom. The number of amides is 1. The number of piperidine rings is 2. The molecule has 0 spiro atoms. The summed E-state index contributed by atoms with van der Waals surface area (Å²) in [7, 11) is 1.61. The van der Waals surface area contributed by atoms with Gasteiger partial charge in [0, 0.05) is 41.0 Å². The molecule has 1 amide bonds. The number of carbonyl (C=O) groups is 1. The van der Waals surface area contributed by atoms with E-state index in [4.69, 9.17) is 16.3 Å². The predicted molar refractivity (Wildman–Crippen MR) is 120 cm³/mol. The molecule has 2 unspecified atom stereocenters. The number of methoxy groups -OCH3 is 1. The standard InChI is InChI=1S/C24H33ClN2O3/c1-14-8-15-10-24(4,29)11-16(9-14)27(15)20(28)12-23(2,3)17-13-26-18-6-7-19(30-5)22(25)21(17)18/h6-7,13-16,26,29H,8-12H2,1-5H3. The Kier molecular flexibility index (Phi) is 5.34. The number of benzene rings is 1. The van der Waals surface area contributed by atoms with E-state index in [1.165, 1.54) is 0 Å². The minimum Gasteiger partial charge on any atom is -0.495 e. The number of hydrogen-bond donors (Lipinski definition) is 2. The van der Waals surface area contributed by atoms with E-state index in [1.807, 2.05) is 25.3 Å². The van der Waals surface area contributed by atoms with Crippen LogP contribution in [0, 0.1) is 5.92 Å². The van der Waals surface area contributed by atoms with Crippen LogP contribution in [0.1, 0.15) is 65.4 Å². The van der Waals surface area contributed by atoms with Gasteiger partial charge < -0.3 is 19.7 Å². The molecule has 2 bridgehead atoms. The van der Waals surface area contributed by atoms with Gasteiger partial charge in [-0.15, -0.1) is 0 Å². The van der Waals surface area contributed by atoms with Crippen LogP contribution in [-0.4, -0.2) is 45.7 Å². The van der Waals surface area contributed by atoms with Gasteiger partial charge in [-0.3, -0.25) is 4.79 Å². The fraction of sp³-hybridized carbons (Fsp3) is 0.625. The molecule has 2 N–H and O–H groups in total. The van der Waals surface area contributed by atoms with Gasteiger partial charge in [-0.2, -0.15) is 0 Å². The number of aromatic nitrogens is 1. The number of aliphatic hydroxyl groups is 1. The number of fused-ring (bicyclic) bond motifs is 3. The number of carbonyl (C=O) groups excluding carboxylic acids is 1. The number of H-pyrrole nitrogens is 1. The molecule has 30 heavy (non-hydrogen) atoms. The molecule has 0 radical (unpaired) electrons. The first kappa shape index (κ1) is 21.5. The van der Waals surface area contributed by atoms with Gasteiger partial charge in [0.2, 0.25) is 5.91 Å². The van der Waals surface area contributed by atoms with Crippen molar-refractivity contribution in [2.45, 2.75) is 82.9 Å². The first-order chi connectivity index (χ1) is 14.0. The average molecular weight is 433 g/mol. The van der Waals surface area contributed by atoms with Gasteiger partial charge >= 0.3 is 0 Å². The van der Waals surface area contributed by atoms with Crippen LogP contribution in [0.4, 0.5) is 0 Å². The third-order valence-corrected chi connectivity index (χ3v) is 7.44. The van der Waals surface area contributed by atoms with E-state index in [9.17, 15) is 9.90 Å². The lowest BCUT2D eigenvalue weighted by Gasteiger charge is -2.53. The molecule has 2 fully saturated rings. The minimum atomic E-state index is -0.678. The van der Waals surface area contributed by atoms with Crippen LogP contribution in [0.3, 0.4) is 0 Å². The summed E-state index contributed by atoms with van der Waals surface area (Å²) in [4.78, 5) is 19.0. The van der Waals surface area contributed by atoms with Crippen LogP contribution in [0.25, 0.3) is 10.9 Å². The number of nitrogens with zero attached hydrogens (tertiary/aromatic N) is 1. The fourth-order valence-electron chi connectivity index (χ4n) is 5.84. The third-order valence-electron chi connectivity index (χ3n) is 7.06. The molecule has 4 rings (SSSR count). The van der Waals surface area contributed by atoms with Crippen molar-refractivity contribution in [1.82, 2.24) is 9.88 Å². The molecule has 2 saturated heterocycles. The Morgan fingerprint density at radius 2 is 1.97 bits per heavy atom. The SMILES string of the molecule is COc1ccc2[nH]cc(C(C)(C)CC(=O)N3C4CC(C)CC3CC(C)(O)C4)c2c1Cl. The smallest absolute Gasteiger partial charge is 0.223 e. The molecule has 1 aromatic carbocycles. The van der Waals surface area contributed by atoms with Crippen LogP contribution in [-0.2, 0) is 10.2 Å². The van der Waals surface area contributed by atoms with Gasteiger partial charge in [-0.05, 0) is 56.2 Å². The third kappa shape index (κ3) is 3.71. The second-order valence-corrected chi connectivity index (χ2v) is 10.7. The zero-order valence-electron chi connectivity index (χ0n) is 18.6. The van der Waals surface area contributed by atoms with Crippen molar-refractivity contribution >= 4 is 28.4 Å². The number of hydrogen-bond acceptors (Lipinski definition) is 3. The van der Waals surface area contributed by atoms with Crippen LogP contribution >= 0.6 is 11.6 Å². The average Bonchev–Trinajstić information content (AvgIpc) is 3.05. The lowest BCUT2D eigenvalue weighted by Crippen LogP contribution is -2.60. The molecule has 2 aliphatic heterocycles. The number of nitrogens with one attached hydrogen (secondary N) is 1. The van der Waals surface area contributed by atoms with Gasteiger partial charge in [0.25, 0.3) is 0 Å². The predicted octanol–water partition coefficient (Wildman–Crippen LogP) is 5.04. The molecule has 1 aromatic heterocycles. The molecule has 6 heteroatoms. The molecule has 0 aliphatic carbocycles. The highest BCUT2D eigenvalue weighted by atomic mass is 35.5. The monoisotopic (exact) mass is 432 g/mol. The molecular formula is C24H33ClN2O3. The maximum absolute atomic E-state index is 13.6. The molecule has 2 aliphatic rings. The van der Waals surface area contributed by atoms with Gasteiger partial charge in [0.1, 0.15) is 5.75 Å². The van der Waals surface area contributed by atoms with Crippen molar-refractivity contribution in [2.24, 2.45) is 5.92 Å². The molecule has 2 atom stereocenters. The molecule has 3 heterocycles. The Hall–Kier alpha value is -1.72. The second-order valence-electron chi connectivity index (χ2n) is 10.4. The fourth-order valence-corrected chi connectivity index (χ4v) is 6.18. The summed E-state index contributed by atoms with van der Waals surface area (Å²) in [6.07, 6.45) is 5.63. The zero-order valence-corrected chi connectivity index (χ0v) is 19.3. The van der Waals surface area contributed by atoms with E-state index in [-0.39, 0.29) is 18.0 Å². The summed E-state index contributed by atoms with van der Waals surface area (Å²) in [6, 6.07) is 4.06. The van der Waals surface area contributed by atoms with Crippen LogP contribution in [0.2, 0.25) is 5.02 Å². The Bertz CT molecular complexity index is 947. The largest absolute Gasteiger partial charge is 0.495 e. The molecule has 5 nitrogen and oxygen atoms in total. The number of aromatic amines is 1. The highest BCUT2D eigenvalue weighted by Crippen LogP contribution is 2.44. The van der Waals surface area contributed by atoms with Gasteiger partial charge in [0.05, 0.1) is 17.7 Å². The topological polar surface area (TPSA) is 65.6 Å². The van der Waals surface area contributed by atoms with Crippen molar-refractivity contribution in [3.8, 4) is 5.75 Å². The van der Waals surface area contributed by atoms with E-state index in [0.29, 0.717) is 36.0 Å². The maximum atomic E-state index is 13.6. The van der Waals surface area contributed by atoms with E-state index in [0.717, 1.165) is 29.3 Å². The van der Waals surface area contributed by atoms with Crippen molar-refractivity contribution in [1.29, 1.82) is 0 Å². The van der Waals surface area contributed by atoms with Crippen molar-refractivity contribution in [2.75, 3.05) is 7.11 Å². The maximum Gasteiger partial charge on any atom is 0.223 e. The van der Waals surface area contributed by atoms with Gasteiger partial charge in [-0.25, -0.2) is 0 Å². The second kappa shape index (κ2) is 7.45. The molecule has 2 aromatic rings. The number of ether oxygens (including phenoxy) is 1. The highest BCUT2D eigenvalue weighted by molar-refractivity contribution is 6.37. The summed E-state index contributed by atoms with van der Waals surface area (Å²) >= 11 is 6.64. The van der Waals surface area contributed by atoms with E-state index in [2.05, 4.69) is 30.7 Å². The summed E-state index contributed by atoms with van der Waals surface area (Å²) in [6.45, 7) is 8.37. The number of rotatable bonds is 4. The quantitative estimate of drug-likeness (QED) is 0.711. The van der Waals surface area contributed by atoms with Crippen LogP contribution < -0.4 is 4.74 Å².